The third kappa shape index (κ3) is 2.51. The second kappa shape index (κ2) is 5.37. The molecule has 0 aromatic heterocycles. The maximum atomic E-state index is 11.2. The van der Waals surface area contributed by atoms with Gasteiger partial charge in [0, 0.05) is 18.9 Å². The summed E-state index contributed by atoms with van der Waals surface area (Å²) in [6.07, 6.45) is 5.35. The van der Waals surface area contributed by atoms with E-state index in [1.54, 1.807) is 0 Å². The summed E-state index contributed by atoms with van der Waals surface area (Å²) in [5, 5.41) is 3.79. The Morgan fingerprint density at radius 1 is 1.61 bits per heavy atom. The maximum absolute atomic E-state index is 11.2. The van der Waals surface area contributed by atoms with Crippen molar-refractivity contribution in [3.8, 4) is 18.1 Å². The Balaban J connectivity index is 2.15. The third-order valence-corrected chi connectivity index (χ3v) is 2.65. The smallest absolute Gasteiger partial charge is 0.177 e. The molecule has 1 aromatic carbocycles. The average Bonchev–Trinajstić information content (AvgIpc) is 2.86. The Kier molecular flexibility index (Phi) is 3.63. The van der Waals surface area contributed by atoms with Crippen LogP contribution in [0.5, 0.6) is 5.75 Å². The van der Waals surface area contributed by atoms with Crippen LogP contribution in [-0.4, -0.2) is 18.1 Å². The summed E-state index contributed by atoms with van der Waals surface area (Å²) in [6.45, 7) is 1.68. The molecule has 1 atom stereocenters. The highest BCUT2D eigenvalue weighted by atomic mass is 16.6. The van der Waals surface area contributed by atoms with Gasteiger partial charge in [-0.15, -0.1) is 6.42 Å². The van der Waals surface area contributed by atoms with Gasteiger partial charge in [-0.1, -0.05) is 29.3 Å². The lowest BCUT2D eigenvalue weighted by Crippen LogP contribution is -2.09. The first-order chi connectivity index (χ1) is 8.72. The molecule has 2 rings (SSSR count). The van der Waals surface area contributed by atoms with Crippen LogP contribution in [0.1, 0.15) is 25.0 Å². The van der Waals surface area contributed by atoms with Gasteiger partial charge in [0.15, 0.2) is 11.9 Å². The van der Waals surface area contributed by atoms with Gasteiger partial charge in [-0.3, -0.25) is 4.79 Å². The summed E-state index contributed by atoms with van der Waals surface area (Å²) in [6, 6.07) is 7.45. The van der Waals surface area contributed by atoms with Gasteiger partial charge in [-0.25, -0.2) is 0 Å². The number of hydrogen-bond acceptors (Lipinski definition) is 4. The van der Waals surface area contributed by atoms with Crippen molar-refractivity contribution in [2.45, 2.75) is 19.4 Å². The number of benzene rings is 1. The molecular formula is C14H13NO3. The van der Waals surface area contributed by atoms with Gasteiger partial charge in [0.2, 0.25) is 0 Å². The molecule has 4 nitrogen and oxygen atoms in total. The van der Waals surface area contributed by atoms with E-state index in [0.717, 1.165) is 5.56 Å². The van der Waals surface area contributed by atoms with Crippen LogP contribution in [0.2, 0.25) is 0 Å². The molecule has 0 amide bonds. The van der Waals surface area contributed by atoms with Crippen LogP contribution in [0.4, 0.5) is 0 Å². The maximum Gasteiger partial charge on any atom is 0.177 e. The zero-order valence-electron chi connectivity index (χ0n) is 10.1. The van der Waals surface area contributed by atoms with Gasteiger partial charge in [-0.2, -0.15) is 0 Å². The molecule has 4 heteroatoms. The lowest BCUT2D eigenvalue weighted by atomic mass is 10.0. The molecule has 0 bridgehead atoms. The molecule has 0 radical (unpaired) electrons. The highest BCUT2D eigenvalue weighted by molar-refractivity contribution is 6.39. The molecule has 0 aliphatic carbocycles. The zero-order chi connectivity index (χ0) is 13.0. The highest BCUT2D eigenvalue weighted by Crippen LogP contribution is 2.33. The number of carbonyl (C=O) groups excluding carboxylic acids is 1. The number of rotatable bonds is 4. The first-order valence-corrected chi connectivity index (χ1v) is 5.61. The molecule has 0 saturated heterocycles. The van der Waals surface area contributed by atoms with E-state index < -0.39 is 0 Å². The van der Waals surface area contributed by atoms with E-state index in [2.05, 4.69) is 11.1 Å². The molecule has 0 N–H and O–H groups in total. The van der Waals surface area contributed by atoms with Crippen molar-refractivity contribution >= 4 is 11.5 Å². The number of hydrogen-bond donors (Lipinski definition) is 0. The second-order valence-corrected chi connectivity index (χ2v) is 3.92. The lowest BCUT2D eigenvalue weighted by Gasteiger charge is -2.13. The molecule has 1 aliphatic heterocycles. The molecule has 0 fully saturated rings. The van der Waals surface area contributed by atoms with Gasteiger partial charge < -0.3 is 9.57 Å². The third-order valence-electron chi connectivity index (χ3n) is 2.65. The summed E-state index contributed by atoms with van der Waals surface area (Å²) >= 11 is 0. The molecule has 18 heavy (non-hydrogen) atoms. The first-order valence-electron chi connectivity index (χ1n) is 5.61. The monoisotopic (exact) mass is 243 g/mol. The van der Waals surface area contributed by atoms with Gasteiger partial charge in [-0.05, 0) is 6.07 Å². The largest absolute Gasteiger partial charge is 0.481 e. The number of Topliss-reactive ketones (excluding diaryl/α,β-unsaturated/α-hetero) is 1. The van der Waals surface area contributed by atoms with Gasteiger partial charge in [0.1, 0.15) is 18.1 Å². The Bertz CT molecular complexity index is 528. The SMILES string of the molecule is C#CCOc1ccccc1C1CC(C(C)=O)=NO1. The molecule has 1 aromatic rings. The van der Waals surface area contributed by atoms with Crippen molar-refractivity contribution in [3.63, 3.8) is 0 Å². The number of oxime groups is 1. The Hall–Kier alpha value is -2.28. The van der Waals surface area contributed by atoms with Crippen molar-refractivity contribution in [1.29, 1.82) is 0 Å². The highest BCUT2D eigenvalue weighted by Gasteiger charge is 2.27. The van der Waals surface area contributed by atoms with Gasteiger partial charge >= 0.3 is 0 Å². The lowest BCUT2D eigenvalue weighted by molar-refractivity contribution is -0.111. The van der Waals surface area contributed by atoms with Crippen LogP contribution < -0.4 is 4.74 Å². The van der Waals surface area contributed by atoms with Gasteiger partial charge in [0.25, 0.3) is 0 Å². The number of ether oxygens (including phenoxy) is 1. The summed E-state index contributed by atoms with van der Waals surface area (Å²) in [7, 11) is 0. The quantitative estimate of drug-likeness (QED) is 0.761. The number of carbonyl (C=O) groups is 1. The van der Waals surface area contributed by atoms with Gasteiger partial charge in [0.05, 0.1) is 0 Å². The van der Waals surface area contributed by atoms with Crippen LogP contribution in [0.3, 0.4) is 0 Å². The van der Waals surface area contributed by atoms with Crippen LogP contribution >= 0.6 is 0 Å². The van der Waals surface area contributed by atoms with Crippen LogP contribution in [0.15, 0.2) is 29.4 Å². The fourth-order valence-electron chi connectivity index (χ4n) is 1.75. The average molecular weight is 243 g/mol. The van der Waals surface area contributed by atoms with Crippen molar-refractivity contribution < 1.29 is 14.4 Å². The van der Waals surface area contributed by atoms with Crippen molar-refractivity contribution in [3.05, 3.63) is 29.8 Å². The molecule has 1 unspecified atom stereocenters. The predicted octanol–water partition coefficient (Wildman–Crippen LogP) is 2.10. The minimum atomic E-state index is -0.280. The van der Waals surface area contributed by atoms with E-state index in [4.69, 9.17) is 16.0 Å². The molecule has 92 valence electrons. The normalized spacial score (nSPS) is 17.6. The molecular weight excluding hydrogens is 230 g/mol. The van der Waals surface area contributed by atoms with E-state index in [-0.39, 0.29) is 18.5 Å². The van der Waals surface area contributed by atoms with E-state index in [9.17, 15) is 4.79 Å². The summed E-state index contributed by atoms with van der Waals surface area (Å²) in [4.78, 5) is 16.5. The van der Waals surface area contributed by atoms with E-state index in [1.165, 1.54) is 6.92 Å². The van der Waals surface area contributed by atoms with E-state index in [1.807, 2.05) is 24.3 Å². The van der Waals surface area contributed by atoms with Crippen LogP contribution in [-0.2, 0) is 9.63 Å². The minimum absolute atomic E-state index is 0.0699. The summed E-state index contributed by atoms with van der Waals surface area (Å²) in [5.74, 6) is 3.01. The second-order valence-electron chi connectivity index (χ2n) is 3.92. The topological polar surface area (TPSA) is 47.9 Å². The summed E-state index contributed by atoms with van der Waals surface area (Å²) in [5.41, 5.74) is 1.31. The predicted molar refractivity (Wildman–Crippen MR) is 67.3 cm³/mol. The molecule has 0 spiro atoms. The zero-order valence-corrected chi connectivity index (χ0v) is 10.1. The summed E-state index contributed by atoms with van der Waals surface area (Å²) < 4.78 is 5.44. The fourth-order valence-corrected chi connectivity index (χ4v) is 1.75. The number of ketones is 1. The Morgan fingerprint density at radius 3 is 3.06 bits per heavy atom. The van der Waals surface area contributed by atoms with Crippen molar-refractivity contribution in [1.82, 2.24) is 0 Å². The van der Waals surface area contributed by atoms with E-state index in [0.29, 0.717) is 17.9 Å². The Morgan fingerprint density at radius 2 is 2.39 bits per heavy atom. The first kappa shape index (κ1) is 12.2. The standard InChI is InChI=1S/C14H13NO3/c1-3-8-17-13-7-5-4-6-11(13)14-9-12(10(2)16)15-18-14/h1,4-7,14H,8-9H2,2H3. The molecule has 0 saturated carbocycles. The minimum Gasteiger partial charge on any atom is -0.481 e. The number of terminal acetylenes is 1. The van der Waals surface area contributed by atoms with Crippen LogP contribution in [0, 0.1) is 12.3 Å². The van der Waals surface area contributed by atoms with Crippen LogP contribution in [0.25, 0.3) is 0 Å². The number of nitrogens with zero attached hydrogens (tertiary/aromatic N) is 1. The fraction of sp³-hybridized carbons (Fsp3) is 0.286. The molecule has 1 aliphatic rings. The Labute approximate surface area is 106 Å². The van der Waals surface area contributed by atoms with Crippen molar-refractivity contribution in [2.24, 2.45) is 5.16 Å². The van der Waals surface area contributed by atoms with Crippen molar-refractivity contribution in [2.75, 3.05) is 6.61 Å². The van der Waals surface area contributed by atoms with E-state index >= 15 is 0 Å². The number of para-hydroxylation sites is 1. The molecule has 1 heterocycles.